The Morgan fingerprint density at radius 1 is 1.47 bits per heavy atom. The standard InChI is InChI=1S/C11H12N2O2/c1-13(2)11(15)9(8-14)7-10-5-3-4-6-12-10/h3-6H,7H2,1-2H3. The van der Waals surface area contributed by atoms with Crippen molar-refractivity contribution in [1.82, 2.24) is 9.88 Å². The second-order valence-electron chi connectivity index (χ2n) is 3.28. The molecule has 0 aromatic carbocycles. The number of aromatic nitrogens is 1. The fraction of sp³-hybridized carbons (Fsp3) is 0.273. The molecule has 1 heterocycles. The summed E-state index contributed by atoms with van der Waals surface area (Å²) in [4.78, 5) is 27.5. The topological polar surface area (TPSA) is 50.3 Å². The van der Waals surface area contributed by atoms with E-state index >= 15 is 0 Å². The molecular formula is C11H12N2O2. The highest BCUT2D eigenvalue weighted by atomic mass is 16.2. The molecule has 0 atom stereocenters. The van der Waals surface area contributed by atoms with Crippen LogP contribution in [0.1, 0.15) is 5.69 Å². The Labute approximate surface area is 88.2 Å². The summed E-state index contributed by atoms with van der Waals surface area (Å²) < 4.78 is 0. The van der Waals surface area contributed by atoms with Crippen LogP contribution in [0.4, 0.5) is 0 Å². The van der Waals surface area contributed by atoms with Crippen molar-refractivity contribution in [3.8, 4) is 0 Å². The number of likely N-dealkylation sites (N-methyl/N-ethyl adjacent to an activating group) is 1. The maximum atomic E-state index is 11.5. The molecular weight excluding hydrogens is 192 g/mol. The first-order valence-electron chi connectivity index (χ1n) is 4.50. The van der Waals surface area contributed by atoms with Gasteiger partial charge in [0.15, 0.2) is 0 Å². The molecule has 1 rings (SSSR count). The van der Waals surface area contributed by atoms with Crippen LogP contribution in [-0.4, -0.2) is 35.8 Å². The largest absolute Gasteiger partial charge is 0.344 e. The Morgan fingerprint density at radius 3 is 2.67 bits per heavy atom. The molecule has 0 spiro atoms. The van der Waals surface area contributed by atoms with Crippen LogP contribution in [0.15, 0.2) is 30.0 Å². The number of hydrogen-bond donors (Lipinski definition) is 0. The van der Waals surface area contributed by atoms with Crippen LogP contribution in [0, 0.1) is 0 Å². The molecule has 1 aromatic heterocycles. The van der Waals surface area contributed by atoms with Gasteiger partial charge in [-0.2, -0.15) is 0 Å². The maximum Gasteiger partial charge on any atom is 0.260 e. The molecule has 0 N–H and O–H groups in total. The first-order valence-corrected chi connectivity index (χ1v) is 4.50. The van der Waals surface area contributed by atoms with Gasteiger partial charge in [0.25, 0.3) is 5.91 Å². The highest BCUT2D eigenvalue weighted by Gasteiger charge is 2.13. The number of hydrogen-bond acceptors (Lipinski definition) is 3. The minimum absolute atomic E-state index is 0.0960. The molecule has 0 radical (unpaired) electrons. The minimum Gasteiger partial charge on any atom is -0.344 e. The third-order valence-corrected chi connectivity index (χ3v) is 1.87. The third-order valence-electron chi connectivity index (χ3n) is 1.87. The molecule has 0 aliphatic rings. The summed E-state index contributed by atoms with van der Waals surface area (Å²) in [7, 11) is 3.19. The zero-order chi connectivity index (χ0) is 11.3. The van der Waals surface area contributed by atoms with Crippen molar-refractivity contribution in [3.05, 3.63) is 35.7 Å². The summed E-state index contributed by atoms with van der Waals surface area (Å²) in [5, 5.41) is 0. The van der Waals surface area contributed by atoms with E-state index in [1.165, 1.54) is 4.90 Å². The third kappa shape index (κ3) is 3.04. The Kier molecular flexibility index (Phi) is 3.77. The van der Waals surface area contributed by atoms with Crippen molar-refractivity contribution in [2.24, 2.45) is 0 Å². The van der Waals surface area contributed by atoms with Gasteiger partial charge in [-0.05, 0) is 12.1 Å². The Balaban J connectivity index is 2.81. The van der Waals surface area contributed by atoms with Crippen molar-refractivity contribution in [3.63, 3.8) is 0 Å². The zero-order valence-electron chi connectivity index (χ0n) is 8.73. The van der Waals surface area contributed by atoms with Gasteiger partial charge in [0, 0.05) is 32.4 Å². The lowest BCUT2D eigenvalue weighted by Crippen LogP contribution is -2.25. The maximum absolute atomic E-state index is 11.5. The van der Waals surface area contributed by atoms with Crippen molar-refractivity contribution < 1.29 is 9.59 Å². The summed E-state index contributed by atoms with van der Waals surface area (Å²) in [5.41, 5.74) is 0.782. The lowest BCUT2D eigenvalue weighted by molar-refractivity contribution is -0.124. The SMILES string of the molecule is CN(C)C(=O)C(=C=O)Cc1ccccn1. The summed E-state index contributed by atoms with van der Waals surface area (Å²) in [6.45, 7) is 0. The Morgan fingerprint density at radius 2 is 2.20 bits per heavy atom. The number of pyridine rings is 1. The van der Waals surface area contributed by atoms with E-state index in [2.05, 4.69) is 4.98 Å². The van der Waals surface area contributed by atoms with E-state index in [1.54, 1.807) is 38.4 Å². The quantitative estimate of drug-likeness (QED) is 0.531. The molecule has 0 saturated heterocycles. The van der Waals surface area contributed by atoms with Gasteiger partial charge in [-0.1, -0.05) is 6.07 Å². The van der Waals surface area contributed by atoms with Gasteiger partial charge in [-0.25, -0.2) is 4.79 Å². The fourth-order valence-corrected chi connectivity index (χ4v) is 1.11. The van der Waals surface area contributed by atoms with E-state index < -0.39 is 0 Å². The lowest BCUT2D eigenvalue weighted by Gasteiger charge is -2.10. The van der Waals surface area contributed by atoms with E-state index in [0.29, 0.717) is 5.69 Å². The normalized spacial score (nSPS) is 9.20. The second kappa shape index (κ2) is 5.08. The molecule has 1 aromatic rings. The summed E-state index contributed by atoms with van der Waals surface area (Å²) in [5.74, 6) is 1.34. The zero-order valence-corrected chi connectivity index (χ0v) is 8.73. The monoisotopic (exact) mass is 204 g/mol. The van der Waals surface area contributed by atoms with Crippen LogP contribution >= 0.6 is 0 Å². The van der Waals surface area contributed by atoms with Crippen molar-refractivity contribution in [2.45, 2.75) is 6.42 Å². The second-order valence-corrected chi connectivity index (χ2v) is 3.28. The Hall–Kier alpha value is -1.93. The van der Waals surface area contributed by atoms with Crippen LogP contribution in [0.25, 0.3) is 0 Å². The molecule has 0 unspecified atom stereocenters. The van der Waals surface area contributed by atoms with Crippen molar-refractivity contribution >= 4 is 11.8 Å². The van der Waals surface area contributed by atoms with E-state index in [0.717, 1.165) is 0 Å². The van der Waals surface area contributed by atoms with Gasteiger partial charge in [0.1, 0.15) is 11.5 Å². The summed E-state index contributed by atoms with van der Waals surface area (Å²) in [6, 6.07) is 5.35. The fourth-order valence-electron chi connectivity index (χ4n) is 1.11. The molecule has 78 valence electrons. The van der Waals surface area contributed by atoms with Crippen LogP contribution in [0.5, 0.6) is 0 Å². The van der Waals surface area contributed by atoms with Gasteiger partial charge in [-0.15, -0.1) is 0 Å². The molecule has 0 saturated carbocycles. The van der Waals surface area contributed by atoms with Gasteiger partial charge in [0.05, 0.1) is 0 Å². The van der Waals surface area contributed by atoms with Gasteiger partial charge >= 0.3 is 0 Å². The van der Waals surface area contributed by atoms with Gasteiger partial charge in [-0.3, -0.25) is 9.78 Å². The van der Waals surface area contributed by atoms with Crippen LogP contribution in [0.2, 0.25) is 0 Å². The predicted molar refractivity (Wildman–Crippen MR) is 55.8 cm³/mol. The smallest absolute Gasteiger partial charge is 0.260 e. The molecule has 15 heavy (non-hydrogen) atoms. The molecule has 0 aliphatic heterocycles. The number of rotatable bonds is 3. The molecule has 0 bridgehead atoms. The average molecular weight is 204 g/mol. The number of carbonyl (C=O) groups is 1. The van der Waals surface area contributed by atoms with Crippen molar-refractivity contribution in [1.29, 1.82) is 0 Å². The molecule has 1 amide bonds. The number of carbonyl (C=O) groups excluding carboxylic acids is 2. The molecule has 0 aliphatic carbocycles. The first-order chi connectivity index (χ1) is 7.15. The molecule has 4 heteroatoms. The van der Waals surface area contributed by atoms with Crippen LogP contribution < -0.4 is 0 Å². The summed E-state index contributed by atoms with van der Waals surface area (Å²) >= 11 is 0. The number of nitrogens with zero attached hydrogens (tertiary/aromatic N) is 2. The van der Waals surface area contributed by atoms with Crippen LogP contribution in [0.3, 0.4) is 0 Å². The predicted octanol–water partition coefficient (Wildman–Crippen LogP) is 0.470. The number of amides is 1. The van der Waals surface area contributed by atoms with E-state index in [-0.39, 0.29) is 17.9 Å². The summed E-state index contributed by atoms with van der Waals surface area (Å²) in [6.07, 6.45) is 1.85. The molecule has 0 fully saturated rings. The molecule has 4 nitrogen and oxygen atoms in total. The first kappa shape index (κ1) is 11.1. The highest BCUT2D eigenvalue weighted by molar-refractivity contribution is 6.00. The average Bonchev–Trinajstić information content (AvgIpc) is 2.26. The van der Waals surface area contributed by atoms with Gasteiger partial charge < -0.3 is 4.90 Å². The minimum atomic E-state index is -0.323. The highest BCUT2D eigenvalue weighted by Crippen LogP contribution is 2.04. The Bertz CT molecular complexity index is 392. The van der Waals surface area contributed by atoms with E-state index in [1.807, 2.05) is 6.07 Å². The van der Waals surface area contributed by atoms with Crippen LogP contribution in [-0.2, 0) is 16.0 Å². The van der Waals surface area contributed by atoms with E-state index in [9.17, 15) is 9.59 Å². The van der Waals surface area contributed by atoms with Gasteiger partial charge in [0.2, 0.25) is 0 Å². The van der Waals surface area contributed by atoms with Crippen molar-refractivity contribution in [2.75, 3.05) is 14.1 Å². The van der Waals surface area contributed by atoms with E-state index in [4.69, 9.17) is 0 Å². The lowest BCUT2D eigenvalue weighted by atomic mass is 10.1.